The zero-order valence-corrected chi connectivity index (χ0v) is 8.85. The first kappa shape index (κ1) is 10.7. The first-order chi connectivity index (χ1) is 6.63. The third-order valence-corrected chi connectivity index (χ3v) is 2.11. The molecule has 1 aromatic carbocycles. The summed E-state index contributed by atoms with van der Waals surface area (Å²) in [5.41, 5.74) is 8.62. The zero-order chi connectivity index (χ0) is 10.6. The number of amides is 1. The van der Waals surface area contributed by atoms with E-state index in [1.54, 1.807) is 7.05 Å². The van der Waals surface area contributed by atoms with Crippen LogP contribution in [0, 0.1) is 13.8 Å². The van der Waals surface area contributed by atoms with E-state index in [4.69, 9.17) is 0 Å². The first-order valence-electron chi connectivity index (χ1n) is 4.65. The maximum atomic E-state index is 11.3. The molecule has 3 heteroatoms. The summed E-state index contributed by atoms with van der Waals surface area (Å²) in [6.07, 6.45) is 0.424. The van der Waals surface area contributed by atoms with Crippen molar-refractivity contribution in [2.45, 2.75) is 20.3 Å². The minimum Gasteiger partial charge on any atom is -0.292 e. The van der Waals surface area contributed by atoms with Crippen molar-refractivity contribution in [3.8, 4) is 0 Å². The van der Waals surface area contributed by atoms with Crippen molar-refractivity contribution in [2.24, 2.45) is 0 Å². The predicted molar refractivity (Wildman–Crippen MR) is 56.8 cm³/mol. The van der Waals surface area contributed by atoms with E-state index in [0.29, 0.717) is 6.42 Å². The van der Waals surface area contributed by atoms with E-state index in [9.17, 15) is 4.79 Å². The lowest BCUT2D eigenvalue weighted by atomic mass is 10.0. The Balaban J connectivity index is 2.72. The summed E-state index contributed by atoms with van der Waals surface area (Å²) in [4.78, 5) is 11.3. The number of nitrogens with one attached hydrogen (secondary N) is 2. The van der Waals surface area contributed by atoms with E-state index in [-0.39, 0.29) is 5.91 Å². The number of carbonyl (C=O) groups is 1. The first-order valence-corrected chi connectivity index (χ1v) is 4.65. The molecule has 0 radical (unpaired) electrons. The van der Waals surface area contributed by atoms with Crippen LogP contribution in [-0.2, 0) is 11.2 Å². The summed E-state index contributed by atoms with van der Waals surface area (Å²) in [5, 5.41) is 0. The number of hydrogen-bond acceptors (Lipinski definition) is 2. The second kappa shape index (κ2) is 4.77. The van der Waals surface area contributed by atoms with Gasteiger partial charge in [-0.3, -0.25) is 10.2 Å². The number of carbonyl (C=O) groups excluding carboxylic acids is 1. The Morgan fingerprint density at radius 3 is 2.64 bits per heavy atom. The quantitative estimate of drug-likeness (QED) is 0.704. The maximum Gasteiger partial charge on any atom is 0.238 e. The van der Waals surface area contributed by atoms with Crippen LogP contribution in [0.5, 0.6) is 0 Å². The number of hydrazine groups is 1. The van der Waals surface area contributed by atoms with Gasteiger partial charge in [0.05, 0.1) is 6.42 Å². The molecule has 0 spiro atoms. The van der Waals surface area contributed by atoms with Gasteiger partial charge in [0.15, 0.2) is 0 Å². The summed E-state index contributed by atoms with van der Waals surface area (Å²) in [7, 11) is 1.68. The van der Waals surface area contributed by atoms with E-state index in [2.05, 4.69) is 16.9 Å². The van der Waals surface area contributed by atoms with Gasteiger partial charge in [-0.15, -0.1) is 0 Å². The van der Waals surface area contributed by atoms with Crippen molar-refractivity contribution in [3.63, 3.8) is 0 Å². The topological polar surface area (TPSA) is 41.1 Å². The highest BCUT2D eigenvalue weighted by Gasteiger charge is 2.04. The summed E-state index contributed by atoms with van der Waals surface area (Å²) in [5.74, 6) is -0.0144. The molecular formula is C11H16N2O. The summed E-state index contributed by atoms with van der Waals surface area (Å²) in [6.45, 7) is 4.07. The average molecular weight is 192 g/mol. The lowest BCUT2D eigenvalue weighted by molar-refractivity contribution is -0.121. The fraction of sp³-hybridized carbons (Fsp3) is 0.364. The molecular weight excluding hydrogens is 176 g/mol. The molecule has 0 unspecified atom stereocenters. The Morgan fingerprint density at radius 1 is 1.36 bits per heavy atom. The fourth-order valence-electron chi connectivity index (χ4n) is 1.40. The molecule has 0 aromatic heterocycles. The maximum absolute atomic E-state index is 11.3. The van der Waals surface area contributed by atoms with Gasteiger partial charge in [0, 0.05) is 7.05 Å². The summed E-state index contributed by atoms with van der Waals surface area (Å²) < 4.78 is 0. The zero-order valence-electron chi connectivity index (χ0n) is 8.85. The van der Waals surface area contributed by atoms with E-state index in [0.717, 1.165) is 11.1 Å². The van der Waals surface area contributed by atoms with Gasteiger partial charge in [-0.1, -0.05) is 23.8 Å². The Morgan fingerprint density at radius 2 is 2.07 bits per heavy atom. The monoisotopic (exact) mass is 192 g/mol. The molecule has 0 aliphatic rings. The molecule has 0 saturated heterocycles. The summed E-state index contributed by atoms with van der Waals surface area (Å²) >= 11 is 0. The molecule has 3 nitrogen and oxygen atoms in total. The van der Waals surface area contributed by atoms with Gasteiger partial charge in [0.2, 0.25) is 5.91 Å². The van der Waals surface area contributed by atoms with Gasteiger partial charge < -0.3 is 0 Å². The van der Waals surface area contributed by atoms with Crippen LogP contribution in [0.3, 0.4) is 0 Å². The lowest BCUT2D eigenvalue weighted by Crippen LogP contribution is -2.35. The Bertz CT molecular complexity index is 334. The van der Waals surface area contributed by atoms with E-state index in [1.165, 1.54) is 5.56 Å². The lowest BCUT2D eigenvalue weighted by Gasteiger charge is -2.06. The number of rotatable bonds is 3. The van der Waals surface area contributed by atoms with Gasteiger partial charge in [0.1, 0.15) is 0 Å². The normalized spacial score (nSPS) is 9.93. The molecule has 1 rings (SSSR count). The van der Waals surface area contributed by atoms with E-state index >= 15 is 0 Å². The van der Waals surface area contributed by atoms with Crippen molar-refractivity contribution in [2.75, 3.05) is 7.05 Å². The van der Waals surface area contributed by atoms with Crippen molar-refractivity contribution in [3.05, 3.63) is 34.9 Å². The van der Waals surface area contributed by atoms with Gasteiger partial charge in [-0.25, -0.2) is 5.43 Å². The minimum atomic E-state index is -0.0144. The molecule has 1 aromatic rings. The predicted octanol–water partition coefficient (Wildman–Crippen LogP) is 1.10. The van der Waals surface area contributed by atoms with Gasteiger partial charge in [-0.2, -0.15) is 0 Å². The largest absolute Gasteiger partial charge is 0.292 e. The minimum absolute atomic E-state index is 0.0144. The van der Waals surface area contributed by atoms with Crippen LogP contribution in [0.15, 0.2) is 18.2 Å². The van der Waals surface area contributed by atoms with Crippen LogP contribution < -0.4 is 10.9 Å². The fourth-order valence-corrected chi connectivity index (χ4v) is 1.40. The Labute approximate surface area is 84.5 Å². The molecule has 2 N–H and O–H groups in total. The summed E-state index contributed by atoms with van der Waals surface area (Å²) in [6, 6.07) is 6.11. The van der Waals surface area contributed by atoms with Crippen LogP contribution in [0.2, 0.25) is 0 Å². The van der Waals surface area contributed by atoms with E-state index < -0.39 is 0 Å². The van der Waals surface area contributed by atoms with Crippen molar-refractivity contribution < 1.29 is 4.79 Å². The van der Waals surface area contributed by atoms with Crippen LogP contribution in [0.4, 0.5) is 0 Å². The second-order valence-corrected chi connectivity index (χ2v) is 3.40. The van der Waals surface area contributed by atoms with Crippen LogP contribution in [0.1, 0.15) is 16.7 Å². The number of aryl methyl sites for hydroxylation is 2. The van der Waals surface area contributed by atoms with Gasteiger partial charge >= 0.3 is 0 Å². The van der Waals surface area contributed by atoms with Crippen LogP contribution in [-0.4, -0.2) is 13.0 Å². The Kier molecular flexibility index (Phi) is 3.65. The highest BCUT2D eigenvalue weighted by atomic mass is 16.2. The van der Waals surface area contributed by atoms with E-state index in [1.807, 2.05) is 26.0 Å². The third-order valence-electron chi connectivity index (χ3n) is 2.11. The highest BCUT2D eigenvalue weighted by Crippen LogP contribution is 2.10. The third kappa shape index (κ3) is 2.85. The molecule has 0 saturated carbocycles. The highest BCUT2D eigenvalue weighted by molar-refractivity contribution is 5.78. The molecule has 0 atom stereocenters. The molecule has 76 valence electrons. The Hall–Kier alpha value is -1.35. The van der Waals surface area contributed by atoms with Crippen LogP contribution >= 0.6 is 0 Å². The second-order valence-electron chi connectivity index (χ2n) is 3.40. The number of benzene rings is 1. The molecule has 1 amide bonds. The van der Waals surface area contributed by atoms with Crippen molar-refractivity contribution in [1.29, 1.82) is 0 Å². The number of hydrogen-bond donors (Lipinski definition) is 2. The van der Waals surface area contributed by atoms with Crippen LogP contribution in [0.25, 0.3) is 0 Å². The van der Waals surface area contributed by atoms with Crippen molar-refractivity contribution >= 4 is 5.91 Å². The smallest absolute Gasteiger partial charge is 0.238 e. The molecule has 0 fully saturated rings. The standard InChI is InChI=1S/C11H16N2O/c1-8-4-5-10(9(2)6-8)7-11(14)13-12-3/h4-6,12H,7H2,1-3H3,(H,13,14). The van der Waals surface area contributed by atoms with Gasteiger partial charge in [-0.05, 0) is 25.0 Å². The molecule has 0 heterocycles. The molecule has 0 bridgehead atoms. The molecule has 0 aliphatic carbocycles. The average Bonchev–Trinajstić information content (AvgIpc) is 2.10. The SMILES string of the molecule is CNNC(=O)Cc1ccc(C)cc1C. The van der Waals surface area contributed by atoms with Gasteiger partial charge in [0.25, 0.3) is 0 Å². The molecule has 0 aliphatic heterocycles. The molecule has 14 heavy (non-hydrogen) atoms. The van der Waals surface area contributed by atoms with Crippen molar-refractivity contribution in [1.82, 2.24) is 10.9 Å².